The maximum absolute atomic E-state index is 13.2. The predicted octanol–water partition coefficient (Wildman–Crippen LogP) is 6.32. The molecule has 1 aliphatic rings. The van der Waals surface area contributed by atoms with Crippen LogP contribution >= 0.6 is 0 Å². The number of ether oxygens (including phenoxy) is 2. The van der Waals surface area contributed by atoms with Gasteiger partial charge in [0, 0.05) is 54.3 Å². The summed E-state index contributed by atoms with van der Waals surface area (Å²) in [5.41, 5.74) is 3.08. The maximum atomic E-state index is 13.2. The van der Waals surface area contributed by atoms with Crippen LogP contribution in [0, 0.1) is 5.92 Å². The van der Waals surface area contributed by atoms with E-state index < -0.39 is 0 Å². The molecular formula is C30H46N2O4. The van der Waals surface area contributed by atoms with Crippen molar-refractivity contribution in [1.82, 2.24) is 4.90 Å². The number of carbonyl (C=O) groups is 2. The Morgan fingerprint density at radius 1 is 0.944 bits per heavy atom. The Kier molecular flexibility index (Phi) is 13.7. The van der Waals surface area contributed by atoms with Crippen molar-refractivity contribution in [2.75, 3.05) is 39.5 Å². The SMILES string of the molecule is C=C1C(=O)N(CCCCCCOCCC(C)CCC)C(=O)c2cccc(C(C)=NCCOCCC)c21. The Bertz CT molecular complexity index is 893. The van der Waals surface area contributed by atoms with E-state index in [1.54, 1.807) is 6.07 Å². The summed E-state index contributed by atoms with van der Waals surface area (Å²) in [5, 5.41) is 0. The van der Waals surface area contributed by atoms with Gasteiger partial charge in [0.25, 0.3) is 11.8 Å². The lowest BCUT2D eigenvalue weighted by Crippen LogP contribution is -2.42. The minimum Gasteiger partial charge on any atom is -0.381 e. The van der Waals surface area contributed by atoms with E-state index in [-0.39, 0.29) is 11.8 Å². The van der Waals surface area contributed by atoms with Crippen molar-refractivity contribution in [3.05, 3.63) is 41.5 Å². The summed E-state index contributed by atoms with van der Waals surface area (Å²) in [6, 6.07) is 5.53. The molecule has 1 unspecified atom stereocenters. The van der Waals surface area contributed by atoms with Crippen LogP contribution in [-0.4, -0.2) is 61.9 Å². The molecule has 0 bridgehead atoms. The summed E-state index contributed by atoms with van der Waals surface area (Å²) in [6.45, 7) is 16.4. The molecule has 0 spiro atoms. The van der Waals surface area contributed by atoms with Crippen molar-refractivity contribution >= 4 is 23.1 Å². The molecule has 1 aromatic carbocycles. The van der Waals surface area contributed by atoms with Gasteiger partial charge in [-0.05, 0) is 44.6 Å². The molecule has 1 aromatic rings. The third-order valence-electron chi connectivity index (χ3n) is 6.62. The number of rotatable bonds is 18. The molecule has 0 saturated carbocycles. The van der Waals surface area contributed by atoms with Crippen LogP contribution in [-0.2, 0) is 14.3 Å². The number of amides is 2. The van der Waals surface area contributed by atoms with E-state index in [9.17, 15) is 9.59 Å². The third kappa shape index (κ3) is 8.97. The number of carbonyl (C=O) groups excluding carboxylic acids is 2. The van der Waals surface area contributed by atoms with E-state index in [4.69, 9.17) is 9.47 Å². The van der Waals surface area contributed by atoms with Crippen LogP contribution in [0.25, 0.3) is 5.57 Å². The first-order chi connectivity index (χ1) is 17.4. The lowest BCUT2D eigenvalue weighted by atomic mass is 9.88. The monoisotopic (exact) mass is 498 g/mol. The van der Waals surface area contributed by atoms with E-state index in [2.05, 4.69) is 32.3 Å². The summed E-state index contributed by atoms with van der Waals surface area (Å²) in [5.74, 6) is 0.184. The molecule has 0 aliphatic carbocycles. The average molecular weight is 499 g/mol. The topological polar surface area (TPSA) is 68.2 Å². The second kappa shape index (κ2) is 16.4. The molecule has 6 nitrogen and oxygen atoms in total. The van der Waals surface area contributed by atoms with Crippen molar-refractivity contribution in [2.24, 2.45) is 10.9 Å². The number of nitrogens with zero attached hydrogens (tertiary/aromatic N) is 2. The lowest BCUT2D eigenvalue weighted by Gasteiger charge is -2.29. The number of hydrogen-bond donors (Lipinski definition) is 0. The van der Waals surface area contributed by atoms with Crippen LogP contribution in [0.15, 0.2) is 29.8 Å². The van der Waals surface area contributed by atoms with Crippen LogP contribution in [0.2, 0.25) is 0 Å². The molecular weight excluding hydrogens is 452 g/mol. The molecule has 0 radical (unpaired) electrons. The molecule has 200 valence electrons. The highest BCUT2D eigenvalue weighted by atomic mass is 16.5. The summed E-state index contributed by atoms with van der Waals surface area (Å²) < 4.78 is 11.3. The largest absolute Gasteiger partial charge is 0.381 e. The summed E-state index contributed by atoms with van der Waals surface area (Å²) in [6.07, 6.45) is 8.36. The maximum Gasteiger partial charge on any atom is 0.261 e. The van der Waals surface area contributed by atoms with Gasteiger partial charge in [-0.3, -0.25) is 19.5 Å². The number of benzene rings is 1. The first-order valence-electron chi connectivity index (χ1n) is 13.8. The van der Waals surface area contributed by atoms with E-state index in [1.165, 1.54) is 17.7 Å². The normalized spacial score (nSPS) is 14.9. The van der Waals surface area contributed by atoms with Gasteiger partial charge in [-0.1, -0.05) is 65.2 Å². The van der Waals surface area contributed by atoms with Crippen molar-refractivity contribution in [2.45, 2.75) is 79.1 Å². The van der Waals surface area contributed by atoms with Gasteiger partial charge < -0.3 is 9.47 Å². The zero-order valence-electron chi connectivity index (χ0n) is 22.9. The molecule has 2 rings (SSSR count). The zero-order chi connectivity index (χ0) is 26.3. The van der Waals surface area contributed by atoms with Crippen LogP contribution in [0.1, 0.15) is 101 Å². The molecule has 6 heteroatoms. The van der Waals surface area contributed by atoms with E-state index in [1.807, 2.05) is 19.1 Å². The van der Waals surface area contributed by atoms with Crippen LogP contribution in [0.4, 0.5) is 0 Å². The van der Waals surface area contributed by atoms with E-state index >= 15 is 0 Å². The first-order valence-corrected chi connectivity index (χ1v) is 13.8. The van der Waals surface area contributed by atoms with Gasteiger partial charge in [0.15, 0.2) is 0 Å². The Morgan fingerprint density at radius 2 is 1.69 bits per heavy atom. The van der Waals surface area contributed by atoms with Gasteiger partial charge in [-0.25, -0.2) is 0 Å². The Balaban J connectivity index is 1.85. The average Bonchev–Trinajstić information content (AvgIpc) is 2.87. The minimum absolute atomic E-state index is 0.243. The van der Waals surface area contributed by atoms with Crippen molar-refractivity contribution < 1.29 is 19.1 Å². The molecule has 0 aromatic heterocycles. The minimum atomic E-state index is -0.302. The molecule has 1 atom stereocenters. The fourth-order valence-electron chi connectivity index (χ4n) is 4.53. The molecule has 1 heterocycles. The van der Waals surface area contributed by atoms with Crippen LogP contribution in [0.5, 0.6) is 0 Å². The highest BCUT2D eigenvalue weighted by Gasteiger charge is 2.35. The number of hydrogen-bond acceptors (Lipinski definition) is 5. The highest BCUT2D eigenvalue weighted by Crippen LogP contribution is 2.31. The third-order valence-corrected chi connectivity index (χ3v) is 6.62. The number of aliphatic imine (C=N–C) groups is 1. The molecule has 1 aliphatic heterocycles. The molecule has 0 N–H and O–H groups in total. The summed E-state index contributed by atoms with van der Waals surface area (Å²) >= 11 is 0. The van der Waals surface area contributed by atoms with Gasteiger partial charge in [-0.15, -0.1) is 0 Å². The highest BCUT2D eigenvalue weighted by molar-refractivity contribution is 6.32. The van der Waals surface area contributed by atoms with Gasteiger partial charge in [-0.2, -0.15) is 0 Å². The van der Waals surface area contributed by atoms with Gasteiger partial charge in [0.2, 0.25) is 0 Å². The number of imide groups is 1. The van der Waals surface area contributed by atoms with Gasteiger partial charge >= 0.3 is 0 Å². The number of unbranched alkanes of at least 4 members (excludes halogenated alkanes) is 3. The lowest BCUT2D eigenvalue weighted by molar-refractivity contribution is -0.122. The summed E-state index contributed by atoms with van der Waals surface area (Å²) in [4.78, 5) is 32.2. The second-order valence-electron chi connectivity index (χ2n) is 9.76. The molecule has 2 amide bonds. The van der Waals surface area contributed by atoms with Gasteiger partial charge in [0.05, 0.1) is 13.2 Å². The predicted molar refractivity (Wildman–Crippen MR) is 148 cm³/mol. The molecule has 36 heavy (non-hydrogen) atoms. The second-order valence-corrected chi connectivity index (χ2v) is 9.76. The molecule has 0 fully saturated rings. The number of fused-ring (bicyclic) bond motifs is 1. The van der Waals surface area contributed by atoms with Crippen LogP contribution in [0.3, 0.4) is 0 Å². The fourth-order valence-corrected chi connectivity index (χ4v) is 4.53. The van der Waals surface area contributed by atoms with Crippen molar-refractivity contribution in [3.63, 3.8) is 0 Å². The van der Waals surface area contributed by atoms with Crippen LogP contribution < -0.4 is 0 Å². The standard InChI is InChI=1S/C30H46N2O4/c1-6-13-23(3)16-21-36-20-11-9-8-10-18-32-29(33)24(4)28-26(14-12-15-27(28)30(32)34)25(5)31-17-22-35-19-7-2/h12,14-15,23H,4,6-11,13,16-22H2,1-3,5H3. The Labute approximate surface area is 218 Å². The fraction of sp³-hybridized carbons (Fsp3) is 0.633. The first kappa shape index (κ1) is 29.9. The quantitative estimate of drug-likeness (QED) is 0.103. The Hall–Kier alpha value is -2.31. The zero-order valence-corrected chi connectivity index (χ0v) is 22.9. The van der Waals surface area contributed by atoms with E-state index in [0.29, 0.717) is 36.4 Å². The smallest absolute Gasteiger partial charge is 0.261 e. The van der Waals surface area contributed by atoms with Gasteiger partial charge in [0.1, 0.15) is 0 Å². The van der Waals surface area contributed by atoms with Crippen molar-refractivity contribution in [1.29, 1.82) is 0 Å². The van der Waals surface area contributed by atoms with Crippen molar-refractivity contribution in [3.8, 4) is 0 Å². The molecule has 0 saturated heterocycles. The van der Waals surface area contributed by atoms with E-state index in [0.717, 1.165) is 75.5 Å². The summed E-state index contributed by atoms with van der Waals surface area (Å²) in [7, 11) is 0. The Morgan fingerprint density at radius 3 is 2.44 bits per heavy atom.